The summed E-state index contributed by atoms with van der Waals surface area (Å²) >= 11 is 0. The molecule has 0 unspecified atom stereocenters. The highest BCUT2D eigenvalue weighted by molar-refractivity contribution is 5.96. The number of amides is 1. The Morgan fingerprint density at radius 3 is 1.93 bits per heavy atom. The number of carbonyl (C=O) groups is 2. The van der Waals surface area contributed by atoms with Crippen molar-refractivity contribution in [1.29, 1.82) is 0 Å². The maximum atomic E-state index is 12.8. The quantitative estimate of drug-likeness (QED) is 0.691. The molecule has 1 N–H and O–H groups in total. The molecule has 0 radical (unpaired) electrons. The van der Waals surface area contributed by atoms with E-state index in [2.05, 4.69) is 5.32 Å². The lowest BCUT2D eigenvalue weighted by molar-refractivity contribution is -0.306. The van der Waals surface area contributed by atoms with Gasteiger partial charge in [-0.3, -0.25) is 4.79 Å². The molecule has 28 heavy (non-hydrogen) atoms. The first kappa shape index (κ1) is 20.9. The van der Waals surface area contributed by atoms with Crippen LogP contribution < -0.4 is 29.4 Å². The van der Waals surface area contributed by atoms with Crippen LogP contribution in [0, 0.1) is 0 Å². The molecule has 0 heterocycles. The average Bonchev–Trinajstić information content (AvgIpc) is 2.71. The molecule has 8 nitrogen and oxygen atoms in total. The van der Waals surface area contributed by atoms with Crippen molar-refractivity contribution >= 4 is 11.9 Å². The minimum Gasteiger partial charge on any atom is -0.550 e. The van der Waals surface area contributed by atoms with Crippen molar-refractivity contribution in [2.24, 2.45) is 0 Å². The van der Waals surface area contributed by atoms with Gasteiger partial charge in [-0.1, -0.05) is 12.1 Å². The Hall–Kier alpha value is -3.42. The number of carbonyl (C=O) groups excluding carboxylic acids is 2. The number of aliphatic carboxylic acids is 1. The van der Waals surface area contributed by atoms with E-state index in [0.29, 0.717) is 28.6 Å². The van der Waals surface area contributed by atoms with Crippen LogP contribution in [-0.2, 0) is 4.79 Å². The molecule has 0 spiro atoms. The standard InChI is InChI=1S/C20H23NO7/c1-25-14-7-5-12(6-8-14)15(11-18(22)23)21-20(24)13-9-16(26-2)19(28-4)17(10-13)27-3/h5-10,15H,11H2,1-4H3,(H,21,24)(H,22,23)/p-1/t15-/m1/s1. The van der Waals surface area contributed by atoms with Gasteiger partial charge in [0.1, 0.15) is 5.75 Å². The fourth-order valence-corrected chi connectivity index (χ4v) is 2.71. The summed E-state index contributed by atoms with van der Waals surface area (Å²) in [5.74, 6) is -0.192. The lowest BCUT2D eigenvalue weighted by Gasteiger charge is -2.21. The highest BCUT2D eigenvalue weighted by Crippen LogP contribution is 2.38. The van der Waals surface area contributed by atoms with Crippen LogP contribution >= 0.6 is 0 Å². The van der Waals surface area contributed by atoms with Crippen LogP contribution in [0.25, 0.3) is 0 Å². The SMILES string of the molecule is COc1ccc([C@@H](CC(=O)[O-])NC(=O)c2cc(OC)c(OC)c(OC)c2)cc1. The summed E-state index contributed by atoms with van der Waals surface area (Å²) in [5.41, 5.74) is 0.831. The molecule has 2 aromatic rings. The van der Waals surface area contributed by atoms with Crippen molar-refractivity contribution < 1.29 is 33.6 Å². The fourth-order valence-electron chi connectivity index (χ4n) is 2.71. The molecular formula is C20H22NO7-. The number of hydrogen-bond acceptors (Lipinski definition) is 7. The first-order valence-corrected chi connectivity index (χ1v) is 8.38. The molecule has 0 saturated carbocycles. The van der Waals surface area contributed by atoms with Gasteiger partial charge in [-0.05, 0) is 29.8 Å². The van der Waals surface area contributed by atoms with Gasteiger partial charge < -0.3 is 34.2 Å². The van der Waals surface area contributed by atoms with Gasteiger partial charge in [0.05, 0.1) is 34.5 Å². The number of carboxylic acid groups (broad SMARTS) is 1. The minimum atomic E-state index is -1.29. The summed E-state index contributed by atoms with van der Waals surface area (Å²) < 4.78 is 20.8. The summed E-state index contributed by atoms with van der Waals surface area (Å²) in [6.45, 7) is 0. The van der Waals surface area contributed by atoms with Crippen LogP contribution in [-0.4, -0.2) is 40.3 Å². The van der Waals surface area contributed by atoms with E-state index in [1.165, 1.54) is 40.6 Å². The molecule has 0 aliphatic carbocycles. The minimum absolute atomic E-state index is 0.228. The van der Waals surface area contributed by atoms with Crippen LogP contribution in [0.5, 0.6) is 23.0 Å². The monoisotopic (exact) mass is 388 g/mol. The Labute approximate surface area is 163 Å². The first-order valence-electron chi connectivity index (χ1n) is 8.38. The Kier molecular flexibility index (Phi) is 7.08. The first-order chi connectivity index (χ1) is 13.4. The van der Waals surface area contributed by atoms with Gasteiger partial charge in [-0.15, -0.1) is 0 Å². The van der Waals surface area contributed by atoms with E-state index in [1.54, 1.807) is 24.3 Å². The molecule has 0 aromatic heterocycles. The molecular weight excluding hydrogens is 366 g/mol. The molecule has 1 amide bonds. The molecule has 0 saturated heterocycles. The van der Waals surface area contributed by atoms with Gasteiger partial charge in [0.15, 0.2) is 11.5 Å². The van der Waals surface area contributed by atoms with Gasteiger partial charge in [-0.25, -0.2) is 0 Å². The second-order valence-electron chi connectivity index (χ2n) is 5.79. The Morgan fingerprint density at radius 1 is 0.929 bits per heavy atom. The zero-order chi connectivity index (χ0) is 20.7. The zero-order valence-electron chi connectivity index (χ0n) is 16.1. The van der Waals surface area contributed by atoms with Crippen LogP contribution in [0.4, 0.5) is 0 Å². The number of hydrogen-bond donors (Lipinski definition) is 1. The number of nitrogens with one attached hydrogen (secondary N) is 1. The second-order valence-corrected chi connectivity index (χ2v) is 5.79. The predicted octanol–water partition coefficient (Wildman–Crippen LogP) is 1.33. The van der Waals surface area contributed by atoms with E-state index in [0.717, 1.165) is 0 Å². The smallest absolute Gasteiger partial charge is 0.252 e. The molecule has 1 atom stereocenters. The van der Waals surface area contributed by atoms with Crippen molar-refractivity contribution in [3.8, 4) is 23.0 Å². The summed E-state index contributed by atoms with van der Waals surface area (Å²) in [6, 6.07) is 8.92. The molecule has 0 bridgehead atoms. The largest absolute Gasteiger partial charge is 0.550 e. The number of ether oxygens (including phenoxy) is 4. The normalized spacial score (nSPS) is 11.3. The van der Waals surface area contributed by atoms with Crippen molar-refractivity contribution in [1.82, 2.24) is 5.32 Å². The van der Waals surface area contributed by atoms with Crippen molar-refractivity contribution in [3.05, 3.63) is 47.5 Å². The Balaban J connectivity index is 2.33. The fraction of sp³-hybridized carbons (Fsp3) is 0.300. The highest BCUT2D eigenvalue weighted by atomic mass is 16.5. The Bertz CT molecular complexity index is 808. The molecule has 2 aromatic carbocycles. The van der Waals surface area contributed by atoms with E-state index in [9.17, 15) is 14.7 Å². The molecule has 0 aliphatic heterocycles. The molecule has 8 heteroatoms. The third-order valence-corrected chi connectivity index (χ3v) is 4.12. The van der Waals surface area contributed by atoms with Crippen LogP contribution in [0.15, 0.2) is 36.4 Å². The summed E-state index contributed by atoms with van der Waals surface area (Å²) in [6.07, 6.45) is -0.386. The van der Waals surface area contributed by atoms with Crippen LogP contribution in [0.2, 0.25) is 0 Å². The van der Waals surface area contributed by atoms with E-state index in [1.807, 2.05) is 0 Å². The van der Waals surface area contributed by atoms with E-state index >= 15 is 0 Å². The topological polar surface area (TPSA) is 106 Å². The van der Waals surface area contributed by atoms with Gasteiger partial charge in [0, 0.05) is 18.0 Å². The third-order valence-electron chi connectivity index (χ3n) is 4.12. The van der Waals surface area contributed by atoms with Crippen molar-refractivity contribution in [2.75, 3.05) is 28.4 Å². The van der Waals surface area contributed by atoms with E-state index in [4.69, 9.17) is 18.9 Å². The lowest BCUT2D eigenvalue weighted by atomic mass is 10.0. The average molecular weight is 388 g/mol. The molecule has 0 aliphatic rings. The Morgan fingerprint density at radius 2 is 1.50 bits per heavy atom. The maximum Gasteiger partial charge on any atom is 0.252 e. The molecule has 150 valence electrons. The van der Waals surface area contributed by atoms with Gasteiger partial charge in [0.25, 0.3) is 5.91 Å². The van der Waals surface area contributed by atoms with Gasteiger partial charge in [0.2, 0.25) is 5.75 Å². The number of methoxy groups -OCH3 is 4. The zero-order valence-corrected chi connectivity index (χ0v) is 16.1. The summed E-state index contributed by atoms with van der Waals surface area (Å²) in [5, 5.41) is 13.9. The van der Waals surface area contributed by atoms with Gasteiger partial charge in [-0.2, -0.15) is 0 Å². The second kappa shape index (κ2) is 9.50. The predicted molar refractivity (Wildman–Crippen MR) is 98.9 cm³/mol. The van der Waals surface area contributed by atoms with Gasteiger partial charge >= 0.3 is 0 Å². The summed E-state index contributed by atoms with van der Waals surface area (Å²) in [7, 11) is 5.87. The maximum absolute atomic E-state index is 12.8. The van der Waals surface area contributed by atoms with Crippen molar-refractivity contribution in [3.63, 3.8) is 0 Å². The van der Waals surface area contributed by atoms with Crippen molar-refractivity contribution in [2.45, 2.75) is 12.5 Å². The van der Waals surface area contributed by atoms with Crippen LogP contribution in [0.1, 0.15) is 28.4 Å². The number of benzene rings is 2. The number of carboxylic acids is 1. The highest BCUT2D eigenvalue weighted by Gasteiger charge is 2.20. The lowest BCUT2D eigenvalue weighted by Crippen LogP contribution is -2.34. The van der Waals surface area contributed by atoms with E-state index in [-0.39, 0.29) is 12.0 Å². The number of rotatable bonds is 9. The van der Waals surface area contributed by atoms with E-state index < -0.39 is 17.9 Å². The third kappa shape index (κ3) is 4.85. The molecule has 0 fully saturated rings. The molecule has 2 rings (SSSR count). The van der Waals surface area contributed by atoms with Crippen LogP contribution in [0.3, 0.4) is 0 Å². The summed E-state index contributed by atoms with van der Waals surface area (Å²) in [4.78, 5) is 23.9.